The maximum Gasteiger partial charge on any atom is 0.329 e. The van der Waals surface area contributed by atoms with Crippen molar-refractivity contribution >= 4 is 17.5 Å². The lowest BCUT2D eigenvalue weighted by Crippen LogP contribution is -2.34. The van der Waals surface area contributed by atoms with Gasteiger partial charge in [0.1, 0.15) is 6.20 Å². The highest BCUT2D eigenvalue weighted by Gasteiger charge is 2.21. The van der Waals surface area contributed by atoms with Gasteiger partial charge in [0.15, 0.2) is 0 Å². The Morgan fingerprint density at radius 2 is 2.25 bits per heavy atom. The second-order valence-corrected chi connectivity index (χ2v) is 5.50. The van der Waals surface area contributed by atoms with Crippen LogP contribution >= 0.6 is 0 Å². The average Bonchev–Trinajstić information content (AvgIpc) is 2.34. The zero-order valence-corrected chi connectivity index (χ0v) is 12.0. The Kier molecular flexibility index (Phi) is 5.20. The van der Waals surface area contributed by atoms with Crippen LogP contribution in [0.2, 0.25) is 0 Å². The molecule has 0 saturated heterocycles. The summed E-state index contributed by atoms with van der Waals surface area (Å²) in [6.07, 6.45) is 2.59. The van der Waals surface area contributed by atoms with Crippen molar-refractivity contribution in [2.75, 3.05) is 17.6 Å². The first-order chi connectivity index (χ1) is 9.21. The molecule has 20 heavy (non-hydrogen) atoms. The largest absolute Gasteiger partial charge is 0.388 e. The Balaban J connectivity index is 2.61. The molecular formula is C12H21N5O3. The Bertz CT molecular complexity index is 476. The number of nitrogens with one attached hydrogen (secondary N) is 1. The highest BCUT2D eigenvalue weighted by Crippen LogP contribution is 2.20. The first-order valence-corrected chi connectivity index (χ1v) is 6.44. The summed E-state index contributed by atoms with van der Waals surface area (Å²) in [5, 5.41) is 23.6. The molecule has 8 nitrogen and oxygen atoms in total. The van der Waals surface area contributed by atoms with Crippen molar-refractivity contribution in [3.8, 4) is 0 Å². The van der Waals surface area contributed by atoms with E-state index in [-0.39, 0.29) is 24.0 Å². The van der Waals surface area contributed by atoms with E-state index in [0.717, 1.165) is 12.6 Å². The molecule has 1 aromatic heterocycles. The number of aromatic nitrogens is 2. The van der Waals surface area contributed by atoms with Crippen LogP contribution in [0.5, 0.6) is 0 Å². The van der Waals surface area contributed by atoms with Crippen LogP contribution in [-0.4, -0.2) is 32.1 Å². The molecule has 1 rings (SSSR count). The summed E-state index contributed by atoms with van der Waals surface area (Å²) < 4.78 is 0. The van der Waals surface area contributed by atoms with Gasteiger partial charge < -0.3 is 16.2 Å². The molecule has 0 aliphatic heterocycles. The lowest BCUT2D eigenvalue weighted by atomic mass is 9.95. The SMILES string of the molecule is CC(C)CCC(C)(O)CNc1ncc([N+](=O)[O-])c(N)n1. The van der Waals surface area contributed by atoms with Crippen molar-refractivity contribution in [1.29, 1.82) is 0 Å². The number of hydrogen-bond acceptors (Lipinski definition) is 7. The van der Waals surface area contributed by atoms with Gasteiger partial charge >= 0.3 is 5.69 Å². The minimum atomic E-state index is -0.899. The first kappa shape index (κ1) is 16.1. The van der Waals surface area contributed by atoms with E-state index in [9.17, 15) is 15.2 Å². The second kappa shape index (κ2) is 6.47. The maximum absolute atomic E-state index is 10.6. The highest BCUT2D eigenvalue weighted by molar-refractivity contribution is 5.53. The smallest absolute Gasteiger partial charge is 0.329 e. The third kappa shape index (κ3) is 4.96. The summed E-state index contributed by atoms with van der Waals surface area (Å²) in [5.74, 6) is 0.472. The standard InChI is InChI=1S/C12H21N5O3/c1-8(2)4-5-12(3,18)7-15-11-14-6-9(17(19)20)10(13)16-11/h6,8,18H,4-5,7H2,1-3H3,(H3,13,14,15,16). The molecule has 1 unspecified atom stereocenters. The predicted octanol–water partition coefficient (Wildman–Crippen LogP) is 1.57. The van der Waals surface area contributed by atoms with Gasteiger partial charge in [-0.15, -0.1) is 0 Å². The highest BCUT2D eigenvalue weighted by atomic mass is 16.6. The summed E-state index contributed by atoms with van der Waals surface area (Å²) in [5.41, 5.74) is 4.23. The molecule has 0 radical (unpaired) electrons. The van der Waals surface area contributed by atoms with Crippen molar-refractivity contribution in [1.82, 2.24) is 9.97 Å². The van der Waals surface area contributed by atoms with Crippen molar-refractivity contribution in [2.24, 2.45) is 5.92 Å². The third-order valence-corrected chi connectivity index (χ3v) is 2.88. The number of hydrogen-bond donors (Lipinski definition) is 3. The van der Waals surface area contributed by atoms with Gasteiger partial charge in [-0.1, -0.05) is 13.8 Å². The second-order valence-electron chi connectivity index (χ2n) is 5.50. The van der Waals surface area contributed by atoms with Crippen LogP contribution in [-0.2, 0) is 0 Å². The molecule has 4 N–H and O–H groups in total. The van der Waals surface area contributed by atoms with Gasteiger partial charge in [-0.25, -0.2) is 4.98 Å². The fourth-order valence-electron chi connectivity index (χ4n) is 1.57. The van der Waals surface area contributed by atoms with Crippen molar-refractivity contribution in [3.05, 3.63) is 16.3 Å². The molecular weight excluding hydrogens is 262 g/mol. The fourth-order valence-corrected chi connectivity index (χ4v) is 1.57. The van der Waals surface area contributed by atoms with Gasteiger partial charge in [-0.2, -0.15) is 4.98 Å². The number of nitrogens with two attached hydrogens (primary N) is 1. The van der Waals surface area contributed by atoms with Crippen LogP contribution in [0, 0.1) is 16.0 Å². The van der Waals surface area contributed by atoms with E-state index in [1.54, 1.807) is 6.92 Å². The van der Waals surface area contributed by atoms with Crippen molar-refractivity contribution < 1.29 is 10.0 Å². The number of aliphatic hydroxyl groups is 1. The Labute approximate surface area is 117 Å². The average molecular weight is 283 g/mol. The van der Waals surface area contributed by atoms with Gasteiger partial charge in [0, 0.05) is 6.54 Å². The molecule has 0 aromatic carbocycles. The number of rotatable bonds is 7. The lowest BCUT2D eigenvalue weighted by Gasteiger charge is -2.24. The van der Waals surface area contributed by atoms with E-state index in [0.29, 0.717) is 12.3 Å². The van der Waals surface area contributed by atoms with Crippen LogP contribution in [0.1, 0.15) is 33.6 Å². The minimum Gasteiger partial charge on any atom is -0.388 e. The van der Waals surface area contributed by atoms with Crippen LogP contribution < -0.4 is 11.1 Å². The van der Waals surface area contributed by atoms with E-state index in [1.165, 1.54) is 0 Å². The normalized spacial score (nSPS) is 14.1. The first-order valence-electron chi connectivity index (χ1n) is 6.44. The fraction of sp³-hybridized carbons (Fsp3) is 0.667. The molecule has 1 atom stereocenters. The van der Waals surface area contributed by atoms with Gasteiger partial charge in [-0.3, -0.25) is 10.1 Å². The van der Waals surface area contributed by atoms with E-state index in [2.05, 4.69) is 29.1 Å². The summed E-state index contributed by atoms with van der Waals surface area (Å²) in [6.45, 7) is 6.14. The molecule has 0 amide bonds. The molecule has 1 heterocycles. The zero-order chi connectivity index (χ0) is 15.3. The Hall–Kier alpha value is -1.96. The summed E-state index contributed by atoms with van der Waals surface area (Å²) >= 11 is 0. The molecule has 0 spiro atoms. The molecule has 1 aromatic rings. The van der Waals surface area contributed by atoms with Crippen LogP contribution in [0.4, 0.5) is 17.5 Å². The molecule has 0 fully saturated rings. The van der Waals surface area contributed by atoms with Crippen molar-refractivity contribution in [3.63, 3.8) is 0 Å². The van der Waals surface area contributed by atoms with E-state index in [4.69, 9.17) is 5.73 Å². The molecule has 0 bridgehead atoms. The van der Waals surface area contributed by atoms with Gasteiger partial charge in [0.05, 0.1) is 10.5 Å². The summed E-state index contributed by atoms with van der Waals surface area (Å²) in [6, 6.07) is 0. The topological polar surface area (TPSA) is 127 Å². The maximum atomic E-state index is 10.6. The Morgan fingerprint density at radius 1 is 1.60 bits per heavy atom. The number of anilines is 2. The number of nitro groups is 1. The molecule has 112 valence electrons. The summed E-state index contributed by atoms with van der Waals surface area (Å²) in [4.78, 5) is 17.5. The lowest BCUT2D eigenvalue weighted by molar-refractivity contribution is -0.384. The van der Waals surface area contributed by atoms with Crippen LogP contribution in [0.15, 0.2) is 6.20 Å². The van der Waals surface area contributed by atoms with Crippen LogP contribution in [0.25, 0.3) is 0 Å². The molecule has 0 aliphatic carbocycles. The van der Waals surface area contributed by atoms with E-state index >= 15 is 0 Å². The quantitative estimate of drug-likeness (QED) is 0.511. The zero-order valence-electron chi connectivity index (χ0n) is 12.0. The Morgan fingerprint density at radius 3 is 2.75 bits per heavy atom. The third-order valence-electron chi connectivity index (χ3n) is 2.88. The monoisotopic (exact) mass is 283 g/mol. The predicted molar refractivity (Wildman–Crippen MR) is 76.3 cm³/mol. The van der Waals surface area contributed by atoms with E-state index < -0.39 is 10.5 Å². The molecule has 0 aliphatic rings. The van der Waals surface area contributed by atoms with E-state index in [1.807, 2.05) is 0 Å². The molecule has 8 heteroatoms. The van der Waals surface area contributed by atoms with Gasteiger partial charge in [-0.05, 0) is 25.7 Å². The minimum absolute atomic E-state index is 0.165. The number of nitrogen functional groups attached to an aromatic ring is 1. The van der Waals surface area contributed by atoms with Crippen molar-refractivity contribution in [2.45, 2.75) is 39.2 Å². The summed E-state index contributed by atoms with van der Waals surface area (Å²) in [7, 11) is 0. The molecule has 0 saturated carbocycles. The van der Waals surface area contributed by atoms with Gasteiger partial charge in [0.2, 0.25) is 11.8 Å². The number of nitrogens with zero attached hydrogens (tertiary/aromatic N) is 3. The van der Waals surface area contributed by atoms with Gasteiger partial charge in [0.25, 0.3) is 0 Å². The van der Waals surface area contributed by atoms with Crippen LogP contribution in [0.3, 0.4) is 0 Å².